The summed E-state index contributed by atoms with van der Waals surface area (Å²) in [6, 6.07) is 7.17. The second-order valence-electron chi connectivity index (χ2n) is 6.32. The van der Waals surface area contributed by atoms with Crippen LogP contribution in [0.2, 0.25) is 0 Å². The molecule has 0 fully saturated rings. The summed E-state index contributed by atoms with van der Waals surface area (Å²) in [5.74, 6) is 1.30. The molecule has 1 aromatic carbocycles. The minimum absolute atomic E-state index is 0.0250. The third-order valence-electron chi connectivity index (χ3n) is 4.58. The fourth-order valence-electron chi connectivity index (χ4n) is 3.26. The number of carbonyl (C=O) groups is 1. The molecule has 1 N–H and O–H groups in total. The van der Waals surface area contributed by atoms with Gasteiger partial charge in [-0.25, -0.2) is 14.6 Å². The number of nitrogens with one attached hydrogen (secondary N) is 1. The lowest BCUT2D eigenvalue weighted by Crippen LogP contribution is -2.38. The van der Waals surface area contributed by atoms with E-state index in [0.717, 1.165) is 18.7 Å². The van der Waals surface area contributed by atoms with E-state index in [-0.39, 0.29) is 23.9 Å². The molecule has 8 heteroatoms. The second kappa shape index (κ2) is 6.12. The quantitative estimate of drug-likeness (QED) is 0.759. The molecular weight excluding hydrogens is 320 g/mol. The van der Waals surface area contributed by atoms with Crippen molar-refractivity contribution < 1.29 is 4.79 Å². The molecule has 2 aromatic heterocycles. The van der Waals surface area contributed by atoms with Crippen LogP contribution >= 0.6 is 0 Å². The Hall–Kier alpha value is -3.03. The van der Waals surface area contributed by atoms with Crippen molar-refractivity contribution in [1.82, 2.24) is 29.6 Å². The van der Waals surface area contributed by atoms with Gasteiger partial charge in [0.25, 0.3) is 5.56 Å². The number of amides is 1. The van der Waals surface area contributed by atoms with Crippen molar-refractivity contribution in [2.45, 2.75) is 25.9 Å². The highest BCUT2D eigenvalue weighted by molar-refractivity contribution is 5.79. The Kier molecular flexibility index (Phi) is 3.79. The van der Waals surface area contributed by atoms with Crippen molar-refractivity contribution in [2.24, 2.45) is 5.92 Å². The number of fused-ring (bicyclic) bond motifs is 2. The maximum absolute atomic E-state index is 12.7. The third-order valence-corrected chi connectivity index (χ3v) is 4.58. The summed E-state index contributed by atoms with van der Waals surface area (Å²) in [7, 11) is 1.73. The largest absolute Gasteiger partial charge is 0.338 e. The first-order valence-corrected chi connectivity index (χ1v) is 8.21. The molecule has 0 saturated carbocycles. The summed E-state index contributed by atoms with van der Waals surface area (Å²) in [6.07, 6.45) is 3.02. The lowest BCUT2D eigenvalue weighted by molar-refractivity contribution is -0.136. The number of nitrogens with zero attached hydrogens (tertiary/aromatic N) is 5. The number of aromatic nitrogens is 5. The minimum Gasteiger partial charge on any atom is -0.338 e. The number of benzene rings is 1. The molecule has 0 saturated heterocycles. The van der Waals surface area contributed by atoms with E-state index < -0.39 is 0 Å². The van der Waals surface area contributed by atoms with Gasteiger partial charge in [-0.2, -0.15) is 5.10 Å². The molecule has 1 unspecified atom stereocenters. The molecule has 3 heterocycles. The zero-order valence-electron chi connectivity index (χ0n) is 13.8. The van der Waals surface area contributed by atoms with Crippen molar-refractivity contribution in [3.8, 4) is 0 Å². The number of carbonyl (C=O) groups excluding carboxylic acids is 1. The lowest BCUT2D eigenvalue weighted by atomic mass is 9.98. The average Bonchev–Trinajstić information content (AvgIpc) is 3.08. The minimum atomic E-state index is -0.189. The van der Waals surface area contributed by atoms with E-state index in [4.69, 9.17) is 0 Å². The van der Waals surface area contributed by atoms with Gasteiger partial charge in [-0.05, 0) is 18.6 Å². The number of rotatable bonds is 3. The highest BCUT2D eigenvalue weighted by Crippen LogP contribution is 2.20. The highest BCUT2D eigenvalue weighted by Gasteiger charge is 2.28. The Balaban J connectivity index is 1.51. The van der Waals surface area contributed by atoms with E-state index in [0.29, 0.717) is 23.3 Å². The maximum atomic E-state index is 12.7. The number of hydrogen-bond acceptors (Lipinski definition) is 5. The summed E-state index contributed by atoms with van der Waals surface area (Å²) in [5, 5.41) is 4.70. The number of aromatic amines is 1. The Labute approximate surface area is 143 Å². The zero-order chi connectivity index (χ0) is 17.4. The SMILES string of the molecule is CN(Cc1nc2ccccc2c(=O)[nH]1)C(=O)C1CCc2ncnn2C1. The molecule has 3 aromatic rings. The van der Waals surface area contributed by atoms with Crippen LogP contribution in [0.15, 0.2) is 35.4 Å². The van der Waals surface area contributed by atoms with Crippen LogP contribution in [0.3, 0.4) is 0 Å². The van der Waals surface area contributed by atoms with Gasteiger partial charge in [0.05, 0.1) is 29.9 Å². The van der Waals surface area contributed by atoms with E-state index >= 15 is 0 Å². The van der Waals surface area contributed by atoms with Crippen LogP contribution in [0.4, 0.5) is 0 Å². The molecule has 128 valence electrons. The molecule has 25 heavy (non-hydrogen) atoms. The Morgan fingerprint density at radius 2 is 2.24 bits per heavy atom. The van der Waals surface area contributed by atoms with Gasteiger partial charge >= 0.3 is 0 Å². The molecule has 4 rings (SSSR count). The fraction of sp³-hybridized carbons (Fsp3) is 0.353. The first-order chi connectivity index (χ1) is 12.1. The summed E-state index contributed by atoms with van der Waals surface area (Å²) in [5.41, 5.74) is 0.443. The van der Waals surface area contributed by atoms with Crippen LogP contribution in [0, 0.1) is 5.92 Å². The molecular formula is C17H18N6O2. The summed E-state index contributed by atoms with van der Waals surface area (Å²) in [4.78, 5) is 37.9. The summed E-state index contributed by atoms with van der Waals surface area (Å²) >= 11 is 0. The maximum Gasteiger partial charge on any atom is 0.258 e. The summed E-state index contributed by atoms with van der Waals surface area (Å²) in [6.45, 7) is 0.805. The average molecular weight is 338 g/mol. The molecule has 1 amide bonds. The topological polar surface area (TPSA) is 96.8 Å². The van der Waals surface area contributed by atoms with Crippen molar-refractivity contribution in [3.63, 3.8) is 0 Å². The van der Waals surface area contributed by atoms with E-state index in [1.807, 2.05) is 6.07 Å². The Morgan fingerprint density at radius 3 is 3.12 bits per heavy atom. The Bertz CT molecular complexity index is 992. The number of para-hydroxylation sites is 1. The molecule has 1 aliphatic rings. The molecule has 0 spiro atoms. The van der Waals surface area contributed by atoms with Crippen molar-refractivity contribution >= 4 is 16.8 Å². The van der Waals surface area contributed by atoms with Crippen LogP contribution < -0.4 is 5.56 Å². The number of H-pyrrole nitrogens is 1. The van der Waals surface area contributed by atoms with E-state index in [1.54, 1.807) is 34.8 Å². The first kappa shape index (κ1) is 15.5. The number of hydrogen-bond donors (Lipinski definition) is 1. The highest BCUT2D eigenvalue weighted by atomic mass is 16.2. The van der Waals surface area contributed by atoms with E-state index in [1.165, 1.54) is 6.33 Å². The van der Waals surface area contributed by atoms with Crippen molar-refractivity contribution in [1.29, 1.82) is 0 Å². The van der Waals surface area contributed by atoms with Crippen molar-refractivity contribution in [3.05, 3.63) is 52.6 Å². The van der Waals surface area contributed by atoms with Crippen LogP contribution in [-0.2, 0) is 24.3 Å². The predicted molar refractivity (Wildman–Crippen MR) is 90.7 cm³/mol. The number of aryl methyl sites for hydroxylation is 1. The van der Waals surface area contributed by atoms with Crippen LogP contribution in [-0.4, -0.2) is 42.6 Å². The fourth-order valence-corrected chi connectivity index (χ4v) is 3.26. The van der Waals surface area contributed by atoms with E-state index in [2.05, 4.69) is 20.1 Å². The second-order valence-corrected chi connectivity index (χ2v) is 6.32. The van der Waals surface area contributed by atoms with Gasteiger partial charge in [0.15, 0.2) is 0 Å². The van der Waals surface area contributed by atoms with Crippen LogP contribution in [0.1, 0.15) is 18.1 Å². The van der Waals surface area contributed by atoms with Gasteiger partial charge in [-0.15, -0.1) is 0 Å². The van der Waals surface area contributed by atoms with Crippen LogP contribution in [0.5, 0.6) is 0 Å². The first-order valence-electron chi connectivity index (χ1n) is 8.21. The van der Waals surface area contributed by atoms with Crippen LogP contribution in [0.25, 0.3) is 10.9 Å². The predicted octanol–water partition coefficient (Wildman–Crippen LogP) is 0.736. The molecule has 1 atom stereocenters. The molecule has 8 nitrogen and oxygen atoms in total. The monoisotopic (exact) mass is 338 g/mol. The molecule has 0 radical (unpaired) electrons. The Morgan fingerprint density at radius 1 is 1.40 bits per heavy atom. The molecule has 0 aliphatic carbocycles. The van der Waals surface area contributed by atoms with Gasteiger partial charge in [0, 0.05) is 13.5 Å². The standard InChI is InChI=1S/C17H18N6O2/c1-22(17(25)11-6-7-15-18-10-19-23(15)8-11)9-14-20-13-5-3-2-4-12(13)16(24)21-14/h2-5,10-11H,6-9H2,1H3,(H,20,21,24). The van der Waals surface area contributed by atoms with Gasteiger partial charge in [0.1, 0.15) is 18.0 Å². The van der Waals surface area contributed by atoms with Gasteiger partial charge in [0.2, 0.25) is 5.91 Å². The lowest BCUT2D eigenvalue weighted by Gasteiger charge is -2.26. The van der Waals surface area contributed by atoms with Gasteiger partial charge in [-0.1, -0.05) is 12.1 Å². The van der Waals surface area contributed by atoms with Crippen molar-refractivity contribution in [2.75, 3.05) is 7.05 Å². The molecule has 1 aliphatic heterocycles. The third kappa shape index (κ3) is 2.90. The van der Waals surface area contributed by atoms with Gasteiger partial charge < -0.3 is 9.88 Å². The summed E-state index contributed by atoms with van der Waals surface area (Å²) < 4.78 is 1.79. The van der Waals surface area contributed by atoms with E-state index in [9.17, 15) is 9.59 Å². The zero-order valence-corrected chi connectivity index (χ0v) is 13.8. The molecule has 0 bridgehead atoms. The van der Waals surface area contributed by atoms with Gasteiger partial charge in [-0.3, -0.25) is 9.59 Å². The smallest absolute Gasteiger partial charge is 0.258 e. The normalized spacial score (nSPS) is 16.6.